The van der Waals surface area contributed by atoms with Crippen molar-refractivity contribution in [2.45, 2.75) is 13.0 Å². The molecule has 7 nitrogen and oxygen atoms in total. The number of anilines is 2. The molecule has 0 spiro atoms. The van der Waals surface area contributed by atoms with Crippen molar-refractivity contribution in [3.05, 3.63) is 36.0 Å². The first-order valence-electron chi connectivity index (χ1n) is 5.67. The highest BCUT2D eigenvalue weighted by Gasteiger charge is 2.17. The maximum Gasteiger partial charge on any atom is 0.320 e. The highest BCUT2D eigenvalue weighted by atomic mass is 32.2. The van der Waals surface area contributed by atoms with Crippen LogP contribution >= 0.6 is 0 Å². The summed E-state index contributed by atoms with van der Waals surface area (Å²) in [4.78, 5) is 0. The van der Waals surface area contributed by atoms with Crippen LogP contribution in [0, 0.1) is 5.82 Å². The van der Waals surface area contributed by atoms with Crippen LogP contribution in [0.15, 0.2) is 28.7 Å². The fourth-order valence-electron chi connectivity index (χ4n) is 1.51. The number of halogens is 1. The molecule has 108 valence electrons. The SMILES string of the molecule is C[C@@H](NS(C)(=O)=O)c1nnc(Nc2ccccc2F)o1. The molecule has 1 aromatic carbocycles. The summed E-state index contributed by atoms with van der Waals surface area (Å²) in [6.07, 6.45) is 1.03. The number of hydrogen-bond donors (Lipinski definition) is 2. The van der Waals surface area contributed by atoms with E-state index in [2.05, 4.69) is 20.2 Å². The van der Waals surface area contributed by atoms with Crippen LogP contribution in [0.25, 0.3) is 0 Å². The van der Waals surface area contributed by atoms with Gasteiger partial charge >= 0.3 is 6.01 Å². The molecule has 2 aromatic rings. The number of rotatable bonds is 5. The molecule has 1 atom stereocenters. The first-order valence-corrected chi connectivity index (χ1v) is 7.56. The number of para-hydroxylation sites is 1. The summed E-state index contributed by atoms with van der Waals surface area (Å²) in [5.74, 6) is -0.385. The highest BCUT2D eigenvalue weighted by Crippen LogP contribution is 2.20. The molecule has 9 heteroatoms. The number of nitrogens with zero attached hydrogens (tertiary/aromatic N) is 2. The Morgan fingerprint density at radius 3 is 2.65 bits per heavy atom. The van der Waals surface area contributed by atoms with Gasteiger partial charge in [0.05, 0.1) is 18.0 Å². The second-order valence-corrected chi connectivity index (χ2v) is 5.94. The van der Waals surface area contributed by atoms with Crippen LogP contribution in [0.2, 0.25) is 0 Å². The maximum absolute atomic E-state index is 13.4. The van der Waals surface area contributed by atoms with Gasteiger partial charge in [-0.2, -0.15) is 0 Å². The van der Waals surface area contributed by atoms with Gasteiger partial charge in [0.25, 0.3) is 0 Å². The van der Waals surface area contributed by atoms with Gasteiger partial charge in [0, 0.05) is 0 Å². The molecule has 0 aliphatic heterocycles. The number of hydrogen-bond acceptors (Lipinski definition) is 6. The molecule has 1 aromatic heterocycles. The molecule has 2 N–H and O–H groups in total. The Morgan fingerprint density at radius 2 is 2.00 bits per heavy atom. The Morgan fingerprint density at radius 1 is 1.30 bits per heavy atom. The summed E-state index contributed by atoms with van der Waals surface area (Å²) < 4.78 is 43.1. The first kappa shape index (κ1) is 14.4. The van der Waals surface area contributed by atoms with Gasteiger partial charge < -0.3 is 9.73 Å². The normalized spacial score (nSPS) is 13.2. The Balaban J connectivity index is 2.12. The van der Waals surface area contributed by atoms with Crippen molar-refractivity contribution in [3.8, 4) is 0 Å². The van der Waals surface area contributed by atoms with E-state index in [0.29, 0.717) is 0 Å². The van der Waals surface area contributed by atoms with Gasteiger partial charge in [-0.15, -0.1) is 5.10 Å². The van der Waals surface area contributed by atoms with E-state index in [4.69, 9.17) is 4.42 Å². The number of aromatic nitrogens is 2. The average Bonchev–Trinajstić information content (AvgIpc) is 2.79. The Kier molecular flexibility index (Phi) is 4.00. The standard InChI is InChI=1S/C11H13FN4O3S/c1-7(16-20(2,17)18)10-14-15-11(19-10)13-9-6-4-3-5-8(9)12/h3-7,16H,1-2H3,(H,13,15)/t7-/m1/s1. The minimum absolute atomic E-state index is 0.0211. The van der Waals surface area contributed by atoms with Gasteiger partial charge in [0.1, 0.15) is 5.82 Å². The Bertz CT molecular complexity index is 701. The summed E-state index contributed by atoms with van der Waals surface area (Å²) in [7, 11) is -3.39. The monoisotopic (exact) mass is 300 g/mol. The fourth-order valence-corrected chi connectivity index (χ4v) is 2.25. The summed E-state index contributed by atoms with van der Waals surface area (Å²) >= 11 is 0. The molecule has 0 fully saturated rings. The quantitative estimate of drug-likeness (QED) is 0.869. The van der Waals surface area contributed by atoms with Gasteiger partial charge in [0.15, 0.2) is 0 Å². The Labute approximate surface area is 115 Å². The molecule has 0 radical (unpaired) electrons. The summed E-state index contributed by atoms with van der Waals surface area (Å²) in [5, 5.41) is 9.99. The van der Waals surface area contributed by atoms with Crippen LogP contribution in [0.4, 0.5) is 16.1 Å². The van der Waals surface area contributed by atoms with E-state index in [1.165, 1.54) is 12.1 Å². The highest BCUT2D eigenvalue weighted by molar-refractivity contribution is 7.88. The Hall–Kier alpha value is -2.00. The zero-order valence-corrected chi connectivity index (χ0v) is 11.6. The van der Waals surface area contributed by atoms with Crippen molar-refractivity contribution in [2.75, 3.05) is 11.6 Å². The van der Waals surface area contributed by atoms with Crippen LogP contribution in [-0.2, 0) is 10.0 Å². The zero-order valence-electron chi connectivity index (χ0n) is 10.8. The number of sulfonamides is 1. The van der Waals surface area contributed by atoms with Crippen LogP contribution in [0.1, 0.15) is 18.9 Å². The van der Waals surface area contributed by atoms with Crippen molar-refractivity contribution >= 4 is 21.7 Å². The minimum atomic E-state index is -3.39. The molecule has 1 heterocycles. The predicted molar refractivity (Wildman–Crippen MR) is 70.4 cm³/mol. The number of benzene rings is 1. The van der Waals surface area contributed by atoms with Crippen LogP contribution in [0.5, 0.6) is 0 Å². The maximum atomic E-state index is 13.4. The molecule has 0 saturated carbocycles. The molecule has 0 unspecified atom stereocenters. The van der Waals surface area contributed by atoms with E-state index >= 15 is 0 Å². The number of nitrogens with one attached hydrogen (secondary N) is 2. The van der Waals surface area contributed by atoms with Crippen molar-refractivity contribution in [2.24, 2.45) is 0 Å². The predicted octanol–water partition coefficient (Wildman–Crippen LogP) is 1.56. The molecule has 20 heavy (non-hydrogen) atoms. The lowest BCUT2D eigenvalue weighted by atomic mass is 10.3. The summed E-state index contributed by atoms with van der Waals surface area (Å²) in [5.41, 5.74) is 0.187. The van der Waals surface area contributed by atoms with Gasteiger partial charge in [-0.1, -0.05) is 17.2 Å². The molecule has 0 aliphatic carbocycles. The smallest absolute Gasteiger partial charge is 0.320 e. The minimum Gasteiger partial charge on any atom is -0.406 e. The second-order valence-electron chi connectivity index (χ2n) is 4.16. The molecule has 0 bridgehead atoms. The molecule has 2 rings (SSSR count). The van der Waals surface area contributed by atoms with Crippen LogP contribution in [-0.4, -0.2) is 24.9 Å². The van der Waals surface area contributed by atoms with E-state index in [1.54, 1.807) is 19.1 Å². The van der Waals surface area contributed by atoms with Gasteiger partial charge in [0.2, 0.25) is 15.9 Å². The molecular weight excluding hydrogens is 287 g/mol. The van der Waals surface area contributed by atoms with Gasteiger partial charge in [-0.05, 0) is 19.1 Å². The largest absolute Gasteiger partial charge is 0.406 e. The lowest BCUT2D eigenvalue weighted by Crippen LogP contribution is -2.25. The fraction of sp³-hybridized carbons (Fsp3) is 0.273. The molecule has 0 aliphatic rings. The van der Waals surface area contributed by atoms with Crippen molar-refractivity contribution in [1.29, 1.82) is 0 Å². The van der Waals surface area contributed by atoms with E-state index in [0.717, 1.165) is 6.26 Å². The van der Waals surface area contributed by atoms with E-state index in [9.17, 15) is 12.8 Å². The summed E-state index contributed by atoms with van der Waals surface area (Å²) in [6.45, 7) is 1.56. The van der Waals surface area contributed by atoms with E-state index in [1.807, 2.05) is 0 Å². The average molecular weight is 300 g/mol. The van der Waals surface area contributed by atoms with Crippen molar-refractivity contribution in [3.63, 3.8) is 0 Å². The van der Waals surface area contributed by atoms with Crippen LogP contribution in [0.3, 0.4) is 0 Å². The molecule has 0 saturated heterocycles. The van der Waals surface area contributed by atoms with Crippen molar-refractivity contribution < 1.29 is 17.2 Å². The van der Waals surface area contributed by atoms with Crippen molar-refractivity contribution in [1.82, 2.24) is 14.9 Å². The third kappa shape index (κ3) is 3.75. The lowest BCUT2D eigenvalue weighted by molar-refractivity contribution is 0.454. The third-order valence-corrected chi connectivity index (χ3v) is 3.10. The van der Waals surface area contributed by atoms with E-state index in [-0.39, 0.29) is 17.6 Å². The second kappa shape index (κ2) is 5.55. The first-order chi connectivity index (χ1) is 9.35. The third-order valence-electron chi connectivity index (χ3n) is 2.32. The van der Waals surface area contributed by atoms with Gasteiger partial charge in [-0.25, -0.2) is 17.5 Å². The summed E-state index contributed by atoms with van der Waals surface area (Å²) in [6, 6.07) is 5.31. The molecule has 0 amide bonds. The lowest BCUT2D eigenvalue weighted by Gasteiger charge is -2.06. The van der Waals surface area contributed by atoms with Crippen LogP contribution < -0.4 is 10.0 Å². The zero-order chi connectivity index (χ0) is 14.8. The van der Waals surface area contributed by atoms with Gasteiger partial charge in [-0.3, -0.25) is 0 Å². The van der Waals surface area contributed by atoms with E-state index < -0.39 is 21.9 Å². The molecular formula is C11H13FN4O3S. The topological polar surface area (TPSA) is 97.1 Å².